The average Bonchev–Trinajstić information content (AvgIpc) is 3.79. The number of amides is 2. The highest BCUT2D eigenvalue weighted by Gasteiger charge is 2.31. The van der Waals surface area contributed by atoms with Crippen molar-refractivity contribution < 1.29 is 9.53 Å². The zero-order valence-electron chi connectivity index (χ0n) is 32.4. The quantitative estimate of drug-likeness (QED) is 0.144. The van der Waals surface area contributed by atoms with E-state index in [1.54, 1.807) is 12.3 Å². The minimum Gasteiger partial charge on any atom is -0.484 e. The molecule has 1 aliphatic carbocycles. The van der Waals surface area contributed by atoms with Gasteiger partial charge in [0.1, 0.15) is 23.4 Å². The first kappa shape index (κ1) is 37.4. The Morgan fingerprint density at radius 1 is 0.981 bits per heavy atom. The van der Waals surface area contributed by atoms with E-state index in [-0.39, 0.29) is 24.1 Å². The molecule has 0 bridgehead atoms. The summed E-state index contributed by atoms with van der Waals surface area (Å²) in [7, 11) is 2.16. The number of fused-ring (bicyclic) bond motifs is 2. The molecule has 2 saturated heterocycles. The smallest absolute Gasteiger partial charge is 0.320 e. The fourth-order valence-corrected chi connectivity index (χ4v) is 7.83. The normalized spacial score (nSPS) is 23.1. The van der Waals surface area contributed by atoms with E-state index in [2.05, 4.69) is 78.1 Å². The lowest BCUT2D eigenvalue weighted by molar-refractivity contribution is 0.149. The van der Waals surface area contributed by atoms with Crippen LogP contribution in [0.15, 0.2) is 71.8 Å². The standard InChI is InChI=1S/C40H56N12O2/c1-27(2)34(41)23-37(43-30-24-42-50(25-30)22-21-49-19-17-48(5)18-20-49)45-39(53)44-35-14-15-36(33-12-7-6-11-32(33)35)54-31-13-16-38-46-47-40(51(38)26-31)52-28(3)9-8-10-29(52)4/h6-7,11-13,16,23-29,35-36H,8-10,14-15,17-22,41H2,1-5H3,(H2,43,44,45,53)/t28-,29+,35-,36+/m0/s1. The Labute approximate surface area is 318 Å². The SMILES string of the molecule is CC(C)C(N)=CC(=Nc1cnn(CCN2CCN(C)CC2)c1)NC(=O)N[C@H]1CC[C@@H](Oc2ccc3nnc(N4[C@H](C)CCC[C@@H]4C)n3c2)c2ccccc21. The number of anilines is 1. The van der Waals surface area contributed by atoms with Crippen LogP contribution >= 0.6 is 0 Å². The molecule has 4 atom stereocenters. The number of amidine groups is 1. The van der Waals surface area contributed by atoms with Gasteiger partial charge in [-0.25, -0.2) is 9.79 Å². The van der Waals surface area contributed by atoms with Crippen molar-refractivity contribution in [2.24, 2.45) is 16.6 Å². The van der Waals surface area contributed by atoms with Crippen LogP contribution in [-0.2, 0) is 6.54 Å². The number of hydrogen-bond donors (Lipinski definition) is 3. The number of aromatic nitrogens is 5. The number of ether oxygens (including phenoxy) is 1. The van der Waals surface area contributed by atoms with Crippen molar-refractivity contribution in [3.63, 3.8) is 0 Å². The van der Waals surface area contributed by atoms with Gasteiger partial charge < -0.3 is 25.6 Å². The predicted octanol–water partition coefficient (Wildman–Crippen LogP) is 5.42. The van der Waals surface area contributed by atoms with E-state index in [9.17, 15) is 4.79 Å². The summed E-state index contributed by atoms with van der Waals surface area (Å²) in [4.78, 5) is 25.6. The lowest BCUT2D eigenvalue weighted by Crippen LogP contribution is -2.45. The molecule has 3 aliphatic rings. The molecule has 54 heavy (non-hydrogen) atoms. The van der Waals surface area contributed by atoms with Crippen molar-refractivity contribution in [2.45, 2.75) is 90.6 Å². The number of nitrogens with one attached hydrogen (secondary N) is 2. The monoisotopic (exact) mass is 736 g/mol. The fourth-order valence-electron chi connectivity index (χ4n) is 7.83. The molecule has 14 heteroatoms. The largest absolute Gasteiger partial charge is 0.484 e. The minimum atomic E-state index is -0.352. The number of carbonyl (C=O) groups excluding carboxylic acids is 1. The highest BCUT2D eigenvalue weighted by molar-refractivity contribution is 6.05. The van der Waals surface area contributed by atoms with Gasteiger partial charge in [-0.15, -0.1) is 10.2 Å². The fraction of sp³-hybridized carbons (Fsp3) is 0.525. The molecule has 4 aromatic rings. The molecule has 0 unspecified atom stereocenters. The molecule has 14 nitrogen and oxygen atoms in total. The Balaban J connectivity index is 1.03. The number of urea groups is 1. The molecular formula is C40H56N12O2. The van der Waals surface area contributed by atoms with Crippen LogP contribution in [0.25, 0.3) is 5.65 Å². The maximum atomic E-state index is 13.6. The molecule has 0 saturated carbocycles. The van der Waals surface area contributed by atoms with Crippen LogP contribution in [0, 0.1) is 5.92 Å². The van der Waals surface area contributed by atoms with Gasteiger partial charge in [0.05, 0.1) is 31.2 Å². The van der Waals surface area contributed by atoms with Gasteiger partial charge in [0.15, 0.2) is 5.65 Å². The number of nitrogens with zero attached hydrogens (tertiary/aromatic N) is 9. The zero-order chi connectivity index (χ0) is 37.8. The van der Waals surface area contributed by atoms with E-state index in [4.69, 9.17) is 15.5 Å². The summed E-state index contributed by atoms with van der Waals surface area (Å²) in [6.07, 6.45) is 12.1. The van der Waals surface area contributed by atoms with Crippen LogP contribution in [0.5, 0.6) is 5.75 Å². The maximum absolute atomic E-state index is 13.6. The molecule has 2 amide bonds. The Bertz CT molecular complexity index is 1950. The third-order valence-corrected chi connectivity index (χ3v) is 11.1. The second kappa shape index (κ2) is 16.6. The number of nitrogens with two attached hydrogens (primary N) is 1. The molecule has 0 radical (unpaired) electrons. The molecule has 2 fully saturated rings. The second-order valence-electron chi connectivity index (χ2n) is 15.5. The lowest BCUT2D eigenvalue weighted by Gasteiger charge is -2.39. The number of piperidine rings is 1. The van der Waals surface area contributed by atoms with Crippen molar-refractivity contribution in [1.29, 1.82) is 0 Å². The number of allylic oxidation sites excluding steroid dienone is 1. The first-order chi connectivity index (χ1) is 26.1. The summed E-state index contributed by atoms with van der Waals surface area (Å²) in [5.74, 6) is 2.06. The molecule has 2 aliphatic heterocycles. The number of rotatable bonds is 10. The van der Waals surface area contributed by atoms with Crippen molar-refractivity contribution >= 4 is 29.1 Å². The molecule has 0 spiro atoms. The minimum absolute atomic E-state index is 0.0859. The summed E-state index contributed by atoms with van der Waals surface area (Å²) in [5, 5.41) is 19.8. The number of benzene rings is 1. The Morgan fingerprint density at radius 2 is 1.74 bits per heavy atom. The summed E-state index contributed by atoms with van der Waals surface area (Å²) in [6.45, 7) is 14.5. The summed E-state index contributed by atoms with van der Waals surface area (Å²) < 4.78 is 10.6. The van der Waals surface area contributed by atoms with E-state index < -0.39 is 0 Å². The van der Waals surface area contributed by atoms with Crippen molar-refractivity contribution in [2.75, 3.05) is 44.7 Å². The number of carbonyl (C=O) groups is 1. The van der Waals surface area contributed by atoms with Crippen LogP contribution in [0.3, 0.4) is 0 Å². The average molecular weight is 737 g/mol. The van der Waals surface area contributed by atoms with Gasteiger partial charge in [-0.3, -0.25) is 19.3 Å². The van der Waals surface area contributed by atoms with E-state index in [1.807, 2.05) is 55.2 Å². The lowest BCUT2D eigenvalue weighted by atomic mass is 9.85. The summed E-state index contributed by atoms with van der Waals surface area (Å²) in [6, 6.07) is 12.3. The molecule has 3 aromatic heterocycles. The van der Waals surface area contributed by atoms with Gasteiger partial charge in [-0.05, 0) is 88.3 Å². The molecule has 288 valence electrons. The van der Waals surface area contributed by atoms with E-state index in [0.717, 1.165) is 87.0 Å². The van der Waals surface area contributed by atoms with Gasteiger partial charge in [0, 0.05) is 50.5 Å². The first-order valence-corrected chi connectivity index (χ1v) is 19.6. The van der Waals surface area contributed by atoms with Gasteiger partial charge in [-0.2, -0.15) is 5.10 Å². The first-order valence-electron chi connectivity index (χ1n) is 19.6. The number of piperazine rings is 1. The predicted molar refractivity (Wildman–Crippen MR) is 212 cm³/mol. The van der Waals surface area contributed by atoms with Crippen LogP contribution in [0.1, 0.15) is 83.1 Å². The van der Waals surface area contributed by atoms with Crippen molar-refractivity contribution in [3.05, 3.63) is 77.9 Å². The van der Waals surface area contributed by atoms with Gasteiger partial charge in [0.2, 0.25) is 5.95 Å². The number of pyridine rings is 1. The third kappa shape index (κ3) is 8.71. The number of hydrogen-bond acceptors (Lipinski definition) is 10. The van der Waals surface area contributed by atoms with Gasteiger partial charge in [-0.1, -0.05) is 38.1 Å². The Morgan fingerprint density at radius 3 is 2.50 bits per heavy atom. The number of likely N-dealkylation sites (N-methyl/N-ethyl adjacent to an activating group) is 1. The Hall–Kier alpha value is -4.95. The van der Waals surface area contributed by atoms with Crippen molar-refractivity contribution in [1.82, 2.24) is 44.8 Å². The topological polar surface area (TPSA) is 146 Å². The van der Waals surface area contributed by atoms with E-state index in [1.165, 1.54) is 6.42 Å². The van der Waals surface area contributed by atoms with Crippen molar-refractivity contribution in [3.8, 4) is 5.75 Å². The third-order valence-electron chi connectivity index (χ3n) is 11.1. The van der Waals surface area contributed by atoms with Crippen LogP contribution in [0.2, 0.25) is 0 Å². The second-order valence-corrected chi connectivity index (χ2v) is 15.5. The van der Waals surface area contributed by atoms with Crippen LogP contribution < -0.4 is 26.0 Å². The molecular weight excluding hydrogens is 681 g/mol. The van der Waals surface area contributed by atoms with E-state index in [0.29, 0.717) is 35.7 Å². The molecule has 5 heterocycles. The summed E-state index contributed by atoms with van der Waals surface area (Å²) in [5.41, 5.74) is 10.5. The van der Waals surface area contributed by atoms with Gasteiger partial charge >= 0.3 is 6.03 Å². The number of aliphatic imine (C=N–C) groups is 1. The van der Waals surface area contributed by atoms with Crippen LogP contribution in [-0.4, -0.2) is 97.9 Å². The maximum Gasteiger partial charge on any atom is 0.320 e. The van der Waals surface area contributed by atoms with E-state index >= 15 is 0 Å². The molecule has 1 aromatic carbocycles. The highest BCUT2D eigenvalue weighted by Crippen LogP contribution is 2.39. The summed E-state index contributed by atoms with van der Waals surface area (Å²) >= 11 is 0. The van der Waals surface area contributed by atoms with Gasteiger partial charge in [0.25, 0.3) is 0 Å². The highest BCUT2D eigenvalue weighted by atomic mass is 16.5. The molecule has 7 rings (SSSR count). The van der Waals surface area contributed by atoms with Crippen LogP contribution in [0.4, 0.5) is 16.4 Å². The zero-order valence-corrected chi connectivity index (χ0v) is 32.4. The Kier molecular flexibility index (Phi) is 11.5. The molecule has 4 N–H and O–H groups in total.